The van der Waals surface area contributed by atoms with Gasteiger partial charge in [-0.1, -0.05) is 47.1 Å². The first-order valence-corrected chi connectivity index (χ1v) is 8.14. The van der Waals surface area contributed by atoms with Crippen LogP contribution in [0, 0.1) is 6.92 Å². The van der Waals surface area contributed by atoms with Crippen molar-refractivity contribution >= 4 is 46.6 Å². The molecule has 8 heteroatoms. The number of amides is 1. The van der Waals surface area contributed by atoms with E-state index in [4.69, 9.17) is 23.2 Å². The molecular formula is C14H14Cl2N4OS. The summed E-state index contributed by atoms with van der Waals surface area (Å²) in [6.07, 6.45) is 1.76. The lowest BCUT2D eigenvalue weighted by Crippen LogP contribution is -2.15. The van der Waals surface area contributed by atoms with E-state index in [9.17, 15) is 4.79 Å². The average molecular weight is 357 g/mol. The normalized spacial score (nSPS) is 10.5. The molecule has 1 aromatic carbocycles. The molecule has 0 fully saturated rings. The molecule has 5 nitrogen and oxygen atoms in total. The zero-order valence-electron chi connectivity index (χ0n) is 11.8. The molecular weight excluding hydrogens is 343 g/mol. The molecule has 0 saturated carbocycles. The zero-order valence-corrected chi connectivity index (χ0v) is 14.2. The molecule has 22 heavy (non-hydrogen) atoms. The van der Waals surface area contributed by atoms with Crippen LogP contribution in [0.3, 0.4) is 0 Å². The molecule has 0 aliphatic heterocycles. The number of carbonyl (C=O) groups is 1. The van der Waals surface area contributed by atoms with E-state index in [0.29, 0.717) is 27.4 Å². The van der Waals surface area contributed by atoms with Crippen molar-refractivity contribution in [3.8, 4) is 0 Å². The maximum absolute atomic E-state index is 12.0. The maximum atomic E-state index is 12.0. The van der Waals surface area contributed by atoms with Crippen molar-refractivity contribution in [2.24, 2.45) is 0 Å². The Labute approximate surface area is 142 Å². The largest absolute Gasteiger partial charge is 0.324 e. The summed E-state index contributed by atoms with van der Waals surface area (Å²) in [5, 5.41) is 12.2. The fraction of sp³-hybridized carbons (Fsp3) is 0.214. The summed E-state index contributed by atoms with van der Waals surface area (Å²) in [6, 6.07) is 5.08. The van der Waals surface area contributed by atoms with Gasteiger partial charge in [0.15, 0.2) is 5.16 Å². The number of nitrogens with zero attached hydrogens (tertiary/aromatic N) is 3. The molecule has 1 heterocycles. The number of anilines is 1. The molecule has 0 aliphatic rings. The first-order valence-electron chi connectivity index (χ1n) is 6.40. The molecule has 116 valence electrons. The van der Waals surface area contributed by atoms with E-state index >= 15 is 0 Å². The number of hydrogen-bond donors (Lipinski definition) is 1. The molecule has 0 saturated heterocycles. The van der Waals surface area contributed by atoms with Crippen LogP contribution in [0.4, 0.5) is 5.69 Å². The number of benzene rings is 1. The van der Waals surface area contributed by atoms with E-state index < -0.39 is 0 Å². The minimum absolute atomic E-state index is 0.193. The van der Waals surface area contributed by atoms with Gasteiger partial charge in [-0.2, -0.15) is 0 Å². The van der Waals surface area contributed by atoms with Gasteiger partial charge in [-0.3, -0.25) is 4.79 Å². The van der Waals surface area contributed by atoms with Crippen LogP contribution in [-0.4, -0.2) is 26.4 Å². The summed E-state index contributed by atoms with van der Waals surface area (Å²) in [5.41, 5.74) is 0.489. The van der Waals surface area contributed by atoms with Gasteiger partial charge in [-0.25, -0.2) is 0 Å². The second-order valence-electron chi connectivity index (χ2n) is 4.37. The van der Waals surface area contributed by atoms with Crippen LogP contribution >= 0.6 is 35.0 Å². The van der Waals surface area contributed by atoms with Crippen molar-refractivity contribution in [2.45, 2.75) is 18.6 Å². The number of nitrogens with one attached hydrogen (secondary N) is 1. The Bertz CT molecular complexity index is 702. The average Bonchev–Trinajstić information content (AvgIpc) is 2.83. The SMILES string of the molecule is C=CCn1c(C)nnc1SCC(=O)Nc1cccc(Cl)c1Cl. The summed E-state index contributed by atoms with van der Waals surface area (Å²) in [6.45, 7) is 6.15. The van der Waals surface area contributed by atoms with Crippen molar-refractivity contribution in [3.63, 3.8) is 0 Å². The van der Waals surface area contributed by atoms with Gasteiger partial charge < -0.3 is 9.88 Å². The standard InChI is InChI=1S/C14H14Cl2N4OS/c1-3-7-20-9(2)18-19-14(20)22-8-12(21)17-11-6-4-5-10(15)13(11)16/h3-6H,1,7-8H2,2H3,(H,17,21). The van der Waals surface area contributed by atoms with Gasteiger partial charge in [0.2, 0.25) is 5.91 Å². The fourth-order valence-corrected chi connectivity index (χ4v) is 2.87. The van der Waals surface area contributed by atoms with Crippen LogP contribution in [0.15, 0.2) is 36.0 Å². The second kappa shape index (κ2) is 7.67. The smallest absolute Gasteiger partial charge is 0.234 e. The quantitative estimate of drug-likeness (QED) is 0.631. The second-order valence-corrected chi connectivity index (χ2v) is 6.09. The molecule has 2 aromatic rings. The van der Waals surface area contributed by atoms with E-state index in [1.807, 2.05) is 11.5 Å². The third kappa shape index (κ3) is 4.03. The first kappa shape index (κ1) is 16.9. The number of hydrogen-bond acceptors (Lipinski definition) is 4. The first-order chi connectivity index (χ1) is 10.5. The topological polar surface area (TPSA) is 59.8 Å². The van der Waals surface area contributed by atoms with Crippen molar-refractivity contribution in [3.05, 3.63) is 46.7 Å². The number of aryl methyl sites for hydroxylation is 1. The Morgan fingerprint density at radius 2 is 2.23 bits per heavy atom. The number of carbonyl (C=O) groups excluding carboxylic acids is 1. The highest BCUT2D eigenvalue weighted by Gasteiger charge is 2.12. The van der Waals surface area contributed by atoms with Gasteiger partial charge in [0.25, 0.3) is 0 Å². The van der Waals surface area contributed by atoms with Gasteiger partial charge >= 0.3 is 0 Å². The molecule has 1 N–H and O–H groups in total. The number of allylic oxidation sites excluding steroid dienone is 1. The van der Waals surface area contributed by atoms with E-state index in [1.165, 1.54) is 11.8 Å². The summed E-state index contributed by atoms with van der Waals surface area (Å²) < 4.78 is 1.89. The minimum atomic E-state index is -0.194. The predicted molar refractivity (Wildman–Crippen MR) is 90.8 cm³/mol. The molecule has 0 aliphatic carbocycles. The van der Waals surface area contributed by atoms with Gasteiger partial charge in [0.05, 0.1) is 21.5 Å². The van der Waals surface area contributed by atoms with Crippen molar-refractivity contribution in [1.29, 1.82) is 0 Å². The Hall–Kier alpha value is -1.50. The molecule has 0 atom stereocenters. The lowest BCUT2D eigenvalue weighted by Gasteiger charge is -2.08. The van der Waals surface area contributed by atoms with Gasteiger partial charge in [0, 0.05) is 6.54 Å². The molecule has 0 spiro atoms. The third-order valence-electron chi connectivity index (χ3n) is 2.77. The van der Waals surface area contributed by atoms with Gasteiger partial charge in [-0.05, 0) is 19.1 Å². The monoisotopic (exact) mass is 356 g/mol. The fourth-order valence-electron chi connectivity index (χ4n) is 1.72. The molecule has 1 amide bonds. The van der Waals surface area contributed by atoms with E-state index in [-0.39, 0.29) is 11.7 Å². The van der Waals surface area contributed by atoms with E-state index in [2.05, 4.69) is 22.1 Å². The summed E-state index contributed by atoms with van der Waals surface area (Å²) in [5.74, 6) is 0.777. The van der Waals surface area contributed by atoms with Crippen LogP contribution in [0.2, 0.25) is 10.0 Å². The molecule has 2 rings (SSSR count). The van der Waals surface area contributed by atoms with Gasteiger partial charge in [-0.15, -0.1) is 16.8 Å². The zero-order chi connectivity index (χ0) is 16.1. The molecule has 0 radical (unpaired) electrons. The Morgan fingerprint density at radius 3 is 2.95 bits per heavy atom. The lowest BCUT2D eigenvalue weighted by atomic mass is 10.3. The number of halogens is 2. The van der Waals surface area contributed by atoms with E-state index in [0.717, 1.165) is 5.82 Å². The summed E-state index contributed by atoms with van der Waals surface area (Å²) in [7, 11) is 0. The van der Waals surface area contributed by atoms with Gasteiger partial charge in [0.1, 0.15) is 5.82 Å². The summed E-state index contributed by atoms with van der Waals surface area (Å²) in [4.78, 5) is 12.0. The highest BCUT2D eigenvalue weighted by atomic mass is 35.5. The Morgan fingerprint density at radius 1 is 1.45 bits per heavy atom. The molecule has 0 unspecified atom stereocenters. The Kier molecular flexibility index (Phi) is 5.88. The third-order valence-corrected chi connectivity index (χ3v) is 4.56. The van der Waals surface area contributed by atoms with Crippen molar-refractivity contribution in [2.75, 3.05) is 11.1 Å². The molecule has 0 bridgehead atoms. The maximum Gasteiger partial charge on any atom is 0.234 e. The van der Waals surface area contributed by atoms with Crippen LogP contribution in [0.25, 0.3) is 0 Å². The lowest BCUT2D eigenvalue weighted by molar-refractivity contribution is -0.113. The summed E-state index contributed by atoms with van der Waals surface area (Å²) >= 11 is 13.2. The minimum Gasteiger partial charge on any atom is -0.324 e. The van der Waals surface area contributed by atoms with Crippen LogP contribution < -0.4 is 5.32 Å². The number of rotatable bonds is 6. The number of aromatic nitrogens is 3. The van der Waals surface area contributed by atoms with Crippen LogP contribution in [0.1, 0.15) is 5.82 Å². The van der Waals surface area contributed by atoms with Crippen LogP contribution in [0.5, 0.6) is 0 Å². The van der Waals surface area contributed by atoms with Crippen molar-refractivity contribution < 1.29 is 4.79 Å². The predicted octanol–water partition coefficient (Wildman–Crippen LogP) is 3.81. The Balaban J connectivity index is 1.99. The number of thioether (sulfide) groups is 1. The highest BCUT2D eigenvalue weighted by Crippen LogP contribution is 2.29. The van der Waals surface area contributed by atoms with Crippen molar-refractivity contribution in [1.82, 2.24) is 14.8 Å². The van der Waals surface area contributed by atoms with E-state index in [1.54, 1.807) is 24.3 Å². The van der Waals surface area contributed by atoms with Crippen LogP contribution in [-0.2, 0) is 11.3 Å². The highest BCUT2D eigenvalue weighted by molar-refractivity contribution is 7.99. The molecule has 1 aromatic heterocycles.